The van der Waals surface area contributed by atoms with E-state index in [-0.39, 0.29) is 0 Å². The van der Waals surface area contributed by atoms with Crippen molar-refractivity contribution in [2.24, 2.45) is 5.10 Å². The van der Waals surface area contributed by atoms with E-state index >= 15 is 0 Å². The molecule has 0 atom stereocenters. The summed E-state index contributed by atoms with van der Waals surface area (Å²) in [6.45, 7) is 0. The second-order valence-electron chi connectivity index (χ2n) is 4.61. The molecule has 0 radical (unpaired) electrons. The van der Waals surface area contributed by atoms with Crippen molar-refractivity contribution in [3.8, 4) is 23.1 Å². The third-order valence-corrected chi connectivity index (χ3v) is 4.16. The fourth-order valence-electron chi connectivity index (χ4n) is 2.05. The highest BCUT2D eigenvalue weighted by atomic mass is 79.9. The van der Waals surface area contributed by atoms with Gasteiger partial charge < -0.3 is 13.9 Å². The van der Waals surface area contributed by atoms with E-state index in [1.165, 1.54) is 4.68 Å². The Labute approximate surface area is 151 Å². The maximum Gasteiger partial charge on any atom is 0.219 e. The molecule has 0 unspecified atom stereocenters. The van der Waals surface area contributed by atoms with Gasteiger partial charge in [0.05, 0.1) is 26.7 Å². The predicted octanol–water partition coefficient (Wildman–Crippen LogP) is 3.86. The molecule has 1 N–H and O–H groups in total. The number of nitrogens with one attached hydrogen (secondary N) is 1. The van der Waals surface area contributed by atoms with Crippen molar-refractivity contribution < 1.29 is 13.9 Å². The van der Waals surface area contributed by atoms with Gasteiger partial charge in [0.1, 0.15) is 0 Å². The molecule has 7 nitrogen and oxygen atoms in total. The standard InChI is InChI=1S/C15H13BrN4O3S/c1-21-12-6-9(10(16)7-13(12)22-2)8-17-20-14(18-19-15(20)24)11-4-3-5-23-11/h3-8H,1-2H3,(H,19,24)/b17-8-. The van der Waals surface area contributed by atoms with Crippen molar-refractivity contribution in [1.82, 2.24) is 14.9 Å². The largest absolute Gasteiger partial charge is 0.493 e. The Morgan fingerprint density at radius 3 is 2.75 bits per heavy atom. The summed E-state index contributed by atoms with van der Waals surface area (Å²) in [5.74, 6) is 2.27. The van der Waals surface area contributed by atoms with Crippen LogP contribution >= 0.6 is 28.1 Å². The van der Waals surface area contributed by atoms with Crippen molar-refractivity contribution in [3.63, 3.8) is 0 Å². The second kappa shape index (κ2) is 7.02. The van der Waals surface area contributed by atoms with Crippen molar-refractivity contribution in [1.29, 1.82) is 0 Å². The number of hydrogen-bond donors (Lipinski definition) is 1. The number of rotatable bonds is 5. The van der Waals surface area contributed by atoms with Gasteiger partial charge >= 0.3 is 0 Å². The fraction of sp³-hybridized carbons (Fsp3) is 0.133. The lowest BCUT2D eigenvalue weighted by atomic mass is 10.2. The van der Waals surface area contributed by atoms with Crippen molar-refractivity contribution in [3.05, 3.63) is 45.3 Å². The van der Waals surface area contributed by atoms with Gasteiger partial charge in [-0.3, -0.25) is 0 Å². The van der Waals surface area contributed by atoms with Gasteiger partial charge in [-0.05, 0) is 52.4 Å². The van der Waals surface area contributed by atoms with E-state index in [0.717, 1.165) is 10.0 Å². The van der Waals surface area contributed by atoms with E-state index in [0.29, 0.717) is 27.9 Å². The average Bonchev–Trinajstić information content (AvgIpc) is 3.23. The van der Waals surface area contributed by atoms with Gasteiger partial charge in [-0.15, -0.1) is 5.10 Å². The molecule has 1 aromatic carbocycles. The Bertz CT molecular complexity index is 931. The maximum absolute atomic E-state index is 5.35. The van der Waals surface area contributed by atoms with E-state index in [1.807, 2.05) is 12.1 Å². The van der Waals surface area contributed by atoms with Crippen LogP contribution in [-0.2, 0) is 0 Å². The average molecular weight is 409 g/mol. The normalized spacial score (nSPS) is 11.1. The highest BCUT2D eigenvalue weighted by molar-refractivity contribution is 9.10. The first-order valence-corrected chi connectivity index (χ1v) is 8.01. The Kier molecular flexibility index (Phi) is 4.81. The van der Waals surface area contributed by atoms with E-state index in [2.05, 4.69) is 31.2 Å². The lowest BCUT2D eigenvalue weighted by molar-refractivity contribution is 0.354. The zero-order valence-electron chi connectivity index (χ0n) is 12.8. The van der Waals surface area contributed by atoms with E-state index in [1.54, 1.807) is 38.8 Å². The molecular formula is C15H13BrN4O3S. The number of H-pyrrole nitrogens is 1. The van der Waals surface area contributed by atoms with E-state index in [9.17, 15) is 0 Å². The van der Waals surface area contributed by atoms with Crippen LogP contribution in [-0.4, -0.2) is 35.3 Å². The molecule has 0 aliphatic carbocycles. The van der Waals surface area contributed by atoms with Crippen LogP contribution in [0.25, 0.3) is 11.6 Å². The smallest absolute Gasteiger partial charge is 0.219 e. The molecule has 0 bridgehead atoms. The number of aromatic amines is 1. The van der Waals surface area contributed by atoms with Gasteiger partial charge in [-0.25, -0.2) is 5.10 Å². The molecule has 9 heteroatoms. The van der Waals surface area contributed by atoms with Crippen LogP contribution in [0.4, 0.5) is 0 Å². The van der Waals surface area contributed by atoms with Crippen LogP contribution in [0.1, 0.15) is 5.56 Å². The Balaban J connectivity index is 2.01. The van der Waals surface area contributed by atoms with Gasteiger partial charge in [0, 0.05) is 10.0 Å². The van der Waals surface area contributed by atoms with Crippen LogP contribution in [0, 0.1) is 4.77 Å². The number of aromatic nitrogens is 3. The van der Waals surface area contributed by atoms with Gasteiger partial charge in [0.15, 0.2) is 17.3 Å². The fourth-order valence-corrected chi connectivity index (χ4v) is 2.66. The Morgan fingerprint density at radius 2 is 2.08 bits per heavy atom. The summed E-state index contributed by atoms with van der Waals surface area (Å²) in [5, 5.41) is 11.2. The molecule has 0 aliphatic rings. The first kappa shape index (κ1) is 16.5. The predicted molar refractivity (Wildman–Crippen MR) is 95.4 cm³/mol. The monoisotopic (exact) mass is 408 g/mol. The summed E-state index contributed by atoms with van der Waals surface area (Å²) >= 11 is 8.70. The Hall–Kier alpha value is -2.39. The Morgan fingerprint density at radius 1 is 1.33 bits per heavy atom. The first-order chi connectivity index (χ1) is 11.6. The molecule has 0 spiro atoms. The summed E-state index contributed by atoms with van der Waals surface area (Å²) in [4.78, 5) is 0. The molecule has 124 valence electrons. The number of halogens is 1. The summed E-state index contributed by atoms with van der Waals surface area (Å²) in [6.07, 6.45) is 3.20. The van der Waals surface area contributed by atoms with E-state index < -0.39 is 0 Å². The number of nitrogens with zero attached hydrogens (tertiary/aromatic N) is 3. The molecule has 3 aromatic rings. The number of benzene rings is 1. The summed E-state index contributed by atoms with van der Waals surface area (Å²) in [7, 11) is 3.16. The number of hydrogen-bond acceptors (Lipinski definition) is 6. The number of methoxy groups -OCH3 is 2. The van der Waals surface area contributed by atoms with Gasteiger partial charge in [-0.1, -0.05) is 0 Å². The van der Waals surface area contributed by atoms with Gasteiger partial charge in [0.2, 0.25) is 10.6 Å². The molecule has 0 amide bonds. The summed E-state index contributed by atoms with van der Waals surface area (Å²) in [6, 6.07) is 7.17. The summed E-state index contributed by atoms with van der Waals surface area (Å²) in [5.41, 5.74) is 0.793. The topological polar surface area (TPSA) is 77.6 Å². The lowest BCUT2D eigenvalue weighted by Gasteiger charge is -2.09. The van der Waals surface area contributed by atoms with Crippen LogP contribution in [0.15, 0.2) is 44.5 Å². The third kappa shape index (κ3) is 3.13. The SMILES string of the molecule is COc1cc(Br)c(/C=N\n2c(-c3ccco3)n[nH]c2=S)cc1OC. The van der Waals surface area contributed by atoms with E-state index in [4.69, 9.17) is 26.1 Å². The maximum atomic E-state index is 5.35. The molecule has 2 aromatic heterocycles. The minimum Gasteiger partial charge on any atom is -0.493 e. The summed E-state index contributed by atoms with van der Waals surface area (Å²) < 4.78 is 18.6. The van der Waals surface area contributed by atoms with Crippen molar-refractivity contribution in [2.75, 3.05) is 14.2 Å². The highest BCUT2D eigenvalue weighted by Gasteiger charge is 2.12. The molecule has 24 heavy (non-hydrogen) atoms. The molecule has 0 saturated heterocycles. The third-order valence-electron chi connectivity index (χ3n) is 3.21. The molecule has 3 rings (SSSR count). The quantitative estimate of drug-likeness (QED) is 0.512. The minimum absolute atomic E-state index is 0.356. The second-order valence-corrected chi connectivity index (χ2v) is 5.86. The zero-order chi connectivity index (χ0) is 17.1. The van der Waals surface area contributed by atoms with Crippen molar-refractivity contribution in [2.45, 2.75) is 0 Å². The van der Waals surface area contributed by atoms with Crippen LogP contribution in [0.5, 0.6) is 11.5 Å². The molecule has 0 aliphatic heterocycles. The molecular weight excluding hydrogens is 396 g/mol. The molecule has 0 fully saturated rings. The van der Waals surface area contributed by atoms with Gasteiger partial charge in [0.25, 0.3) is 0 Å². The van der Waals surface area contributed by atoms with Crippen molar-refractivity contribution >= 4 is 34.4 Å². The highest BCUT2D eigenvalue weighted by Crippen LogP contribution is 2.32. The van der Waals surface area contributed by atoms with Crippen LogP contribution in [0.3, 0.4) is 0 Å². The first-order valence-electron chi connectivity index (χ1n) is 6.81. The number of furan rings is 1. The minimum atomic E-state index is 0.356. The van der Waals surface area contributed by atoms with Gasteiger partial charge in [-0.2, -0.15) is 9.78 Å². The lowest BCUT2D eigenvalue weighted by Crippen LogP contribution is -1.97. The van der Waals surface area contributed by atoms with Crippen LogP contribution in [0.2, 0.25) is 0 Å². The zero-order valence-corrected chi connectivity index (χ0v) is 15.2. The molecule has 2 heterocycles. The number of ether oxygens (including phenoxy) is 2. The molecule has 0 saturated carbocycles. The van der Waals surface area contributed by atoms with Crippen LogP contribution < -0.4 is 9.47 Å².